The molecule has 2 atom stereocenters. The highest BCUT2D eigenvalue weighted by Gasteiger charge is 2.31. The number of amides is 2. The first-order valence-electron chi connectivity index (χ1n) is 5.64. The van der Waals surface area contributed by atoms with Crippen LogP contribution in [-0.4, -0.2) is 17.9 Å². The molecule has 1 aliphatic rings. The van der Waals surface area contributed by atoms with Gasteiger partial charge in [-0.2, -0.15) is 0 Å². The van der Waals surface area contributed by atoms with E-state index in [1.54, 1.807) is 11.3 Å². The fraction of sp³-hybridized carbons (Fsp3) is 0.500. The van der Waals surface area contributed by atoms with E-state index < -0.39 is 6.04 Å². The second kappa shape index (κ2) is 4.58. The molecule has 0 spiro atoms. The Balaban J connectivity index is 2.07. The van der Waals surface area contributed by atoms with Crippen LogP contribution in [0.15, 0.2) is 6.07 Å². The van der Waals surface area contributed by atoms with Gasteiger partial charge in [-0.15, -0.1) is 11.3 Å². The van der Waals surface area contributed by atoms with Gasteiger partial charge < -0.3 is 0 Å². The van der Waals surface area contributed by atoms with Crippen molar-refractivity contribution in [2.24, 2.45) is 0 Å². The summed E-state index contributed by atoms with van der Waals surface area (Å²) >= 11 is 1.75. The number of rotatable bonds is 3. The van der Waals surface area contributed by atoms with Gasteiger partial charge in [0, 0.05) is 15.8 Å². The molecule has 5 heteroatoms. The zero-order valence-corrected chi connectivity index (χ0v) is 11.0. The first-order chi connectivity index (χ1) is 7.97. The highest BCUT2D eigenvalue weighted by atomic mass is 32.1. The van der Waals surface area contributed by atoms with Gasteiger partial charge in [-0.1, -0.05) is 0 Å². The fourth-order valence-corrected chi connectivity index (χ4v) is 3.18. The van der Waals surface area contributed by atoms with Crippen molar-refractivity contribution < 1.29 is 9.59 Å². The van der Waals surface area contributed by atoms with Crippen molar-refractivity contribution in [3.05, 3.63) is 21.4 Å². The first kappa shape index (κ1) is 12.3. The summed E-state index contributed by atoms with van der Waals surface area (Å²) < 4.78 is 0. The van der Waals surface area contributed by atoms with Gasteiger partial charge in [0.1, 0.15) is 0 Å². The summed E-state index contributed by atoms with van der Waals surface area (Å²) in [5.41, 5.74) is 1.21. The van der Waals surface area contributed by atoms with Gasteiger partial charge in [-0.05, 0) is 32.4 Å². The lowest BCUT2D eigenvalue weighted by molar-refractivity contribution is -0.125. The van der Waals surface area contributed by atoms with Crippen LogP contribution in [0.3, 0.4) is 0 Å². The molecule has 2 unspecified atom stereocenters. The Hall–Kier alpha value is -1.20. The Morgan fingerprint density at radius 1 is 1.47 bits per heavy atom. The predicted octanol–water partition coefficient (Wildman–Crippen LogP) is 1.43. The van der Waals surface area contributed by atoms with Gasteiger partial charge in [-0.3, -0.25) is 20.2 Å². The number of imide groups is 1. The largest absolute Gasteiger partial charge is 0.299 e. The number of carbonyl (C=O) groups excluding carboxylic acids is 2. The molecule has 2 amide bonds. The van der Waals surface area contributed by atoms with Crippen LogP contribution in [0.5, 0.6) is 0 Å². The topological polar surface area (TPSA) is 58.2 Å². The van der Waals surface area contributed by atoms with Gasteiger partial charge >= 0.3 is 0 Å². The summed E-state index contributed by atoms with van der Waals surface area (Å²) in [5.74, 6) is -0.413. The van der Waals surface area contributed by atoms with E-state index in [4.69, 9.17) is 0 Å². The van der Waals surface area contributed by atoms with Crippen molar-refractivity contribution >= 4 is 23.2 Å². The van der Waals surface area contributed by atoms with Crippen molar-refractivity contribution in [2.45, 2.75) is 39.3 Å². The van der Waals surface area contributed by atoms with Crippen LogP contribution in [-0.2, 0) is 9.59 Å². The van der Waals surface area contributed by atoms with Crippen LogP contribution in [0.2, 0.25) is 0 Å². The molecule has 1 aromatic heterocycles. The Labute approximate surface area is 104 Å². The molecule has 2 N–H and O–H groups in total. The van der Waals surface area contributed by atoms with Crippen molar-refractivity contribution in [1.82, 2.24) is 10.6 Å². The van der Waals surface area contributed by atoms with E-state index >= 15 is 0 Å². The summed E-state index contributed by atoms with van der Waals surface area (Å²) in [6.07, 6.45) is 0.241. The lowest BCUT2D eigenvalue weighted by atomic mass is 10.1. The van der Waals surface area contributed by atoms with Crippen LogP contribution in [0.25, 0.3) is 0 Å². The maximum atomic E-state index is 11.4. The third-order valence-corrected chi connectivity index (χ3v) is 3.95. The van der Waals surface area contributed by atoms with Crippen molar-refractivity contribution in [3.8, 4) is 0 Å². The van der Waals surface area contributed by atoms with Crippen LogP contribution < -0.4 is 10.6 Å². The molecule has 1 fully saturated rings. The molecule has 0 aliphatic carbocycles. The number of thiophene rings is 1. The lowest BCUT2D eigenvalue weighted by Gasteiger charge is -2.17. The van der Waals surface area contributed by atoms with Gasteiger partial charge in [-0.25, -0.2) is 0 Å². The van der Waals surface area contributed by atoms with Gasteiger partial charge in [0.25, 0.3) is 0 Å². The highest BCUT2D eigenvalue weighted by molar-refractivity contribution is 7.12. The second-order valence-corrected chi connectivity index (χ2v) is 5.89. The maximum Gasteiger partial charge on any atom is 0.244 e. The number of carbonyl (C=O) groups is 2. The molecule has 2 heterocycles. The van der Waals surface area contributed by atoms with E-state index in [0.717, 1.165) is 0 Å². The molecule has 2 rings (SSSR count). The Kier molecular flexibility index (Phi) is 3.31. The SMILES string of the molecule is Cc1cc(C(C)NC2CC(=O)NC2=O)c(C)s1. The van der Waals surface area contributed by atoms with Crippen LogP contribution in [0.1, 0.15) is 34.7 Å². The zero-order valence-electron chi connectivity index (χ0n) is 10.2. The smallest absolute Gasteiger partial charge is 0.244 e. The molecule has 1 saturated heterocycles. The molecular weight excluding hydrogens is 236 g/mol. The third-order valence-electron chi connectivity index (χ3n) is 2.97. The van der Waals surface area contributed by atoms with Crippen molar-refractivity contribution in [3.63, 3.8) is 0 Å². The minimum absolute atomic E-state index is 0.0848. The molecule has 4 nitrogen and oxygen atoms in total. The quantitative estimate of drug-likeness (QED) is 0.800. The summed E-state index contributed by atoms with van der Waals surface area (Å²) in [6, 6.07) is 1.82. The molecule has 1 aliphatic heterocycles. The number of hydrogen-bond acceptors (Lipinski definition) is 4. The average Bonchev–Trinajstić information content (AvgIpc) is 2.70. The molecule has 0 radical (unpaired) electrons. The van der Waals surface area contributed by atoms with Crippen LogP contribution >= 0.6 is 11.3 Å². The Morgan fingerprint density at radius 2 is 2.18 bits per heavy atom. The van der Waals surface area contributed by atoms with E-state index in [-0.39, 0.29) is 24.3 Å². The standard InChI is InChI=1S/C12H16N2O2S/c1-6-4-9(8(3)17-6)7(2)13-10-5-11(15)14-12(10)16/h4,7,10,13H,5H2,1-3H3,(H,14,15,16). The molecule has 17 heavy (non-hydrogen) atoms. The van der Waals surface area contributed by atoms with E-state index in [9.17, 15) is 9.59 Å². The van der Waals surface area contributed by atoms with Crippen LogP contribution in [0.4, 0.5) is 0 Å². The number of nitrogens with one attached hydrogen (secondary N) is 2. The Morgan fingerprint density at radius 3 is 2.65 bits per heavy atom. The monoisotopic (exact) mass is 252 g/mol. The maximum absolute atomic E-state index is 11.4. The summed E-state index contributed by atoms with van der Waals surface area (Å²) in [5, 5.41) is 5.51. The Bertz CT molecular complexity index is 467. The molecule has 0 aromatic carbocycles. The third kappa shape index (κ3) is 2.56. The lowest BCUT2D eigenvalue weighted by Crippen LogP contribution is -2.37. The van der Waals surface area contributed by atoms with Gasteiger partial charge in [0.15, 0.2) is 0 Å². The van der Waals surface area contributed by atoms with Crippen molar-refractivity contribution in [1.29, 1.82) is 0 Å². The summed E-state index contributed by atoms with van der Waals surface area (Å²) in [6.45, 7) is 6.16. The molecule has 92 valence electrons. The molecule has 0 saturated carbocycles. The number of aryl methyl sites for hydroxylation is 2. The molecule has 1 aromatic rings. The average molecular weight is 252 g/mol. The first-order valence-corrected chi connectivity index (χ1v) is 6.45. The van der Waals surface area contributed by atoms with Crippen LogP contribution in [0, 0.1) is 13.8 Å². The minimum atomic E-state index is -0.392. The van der Waals surface area contributed by atoms with E-state index in [0.29, 0.717) is 0 Å². The van der Waals surface area contributed by atoms with E-state index in [2.05, 4.69) is 30.5 Å². The van der Waals surface area contributed by atoms with E-state index in [1.807, 2.05) is 6.92 Å². The van der Waals surface area contributed by atoms with Crippen molar-refractivity contribution in [2.75, 3.05) is 0 Å². The predicted molar refractivity (Wildman–Crippen MR) is 66.9 cm³/mol. The summed E-state index contributed by atoms with van der Waals surface area (Å²) in [7, 11) is 0. The zero-order chi connectivity index (χ0) is 12.6. The summed E-state index contributed by atoms with van der Waals surface area (Å²) in [4.78, 5) is 25.1. The van der Waals surface area contributed by atoms with E-state index in [1.165, 1.54) is 15.3 Å². The molecule has 0 bridgehead atoms. The second-order valence-electron chi connectivity index (χ2n) is 4.43. The number of hydrogen-bond donors (Lipinski definition) is 2. The van der Waals surface area contributed by atoms with Gasteiger partial charge in [0.05, 0.1) is 12.5 Å². The van der Waals surface area contributed by atoms with Gasteiger partial charge in [0.2, 0.25) is 11.8 Å². The highest BCUT2D eigenvalue weighted by Crippen LogP contribution is 2.26. The normalized spacial score (nSPS) is 21.7. The fourth-order valence-electron chi connectivity index (χ4n) is 2.16. The minimum Gasteiger partial charge on any atom is -0.299 e. The molecular formula is C12H16N2O2S.